The van der Waals surface area contributed by atoms with Crippen molar-refractivity contribution < 1.29 is 4.74 Å². The number of benzene rings is 1. The molecule has 2 N–H and O–H groups in total. The van der Waals surface area contributed by atoms with Crippen molar-refractivity contribution in [2.75, 3.05) is 7.11 Å². The lowest BCUT2D eigenvalue weighted by molar-refractivity contribution is 0.0191. The van der Waals surface area contributed by atoms with Crippen molar-refractivity contribution in [1.82, 2.24) is 0 Å². The Hall–Kier alpha value is -0.860. The monoisotopic (exact) mass is 179 g/mol. The van der Waals surface area contributed by atoms with E-state index in [0.29, 0.717) is 6.54 Å². The van der Waals surface area contributed by atoms with Crippen molar-refractivity contribution in [1.29, 1.82) is 0 Å². The van der Waals surface area contributed by atoms with Crippen molar-refractivity contribution in [2.24, 2.45) is 5.73 Å². The first-order valence-electron chi connectivity index (χ1n) is 4.45. The maximum atomic E-state index is 5.56. The topological polar surface area (TPSA) is 35.2 Å². The van der Waals surface area contributed by atoms with E-state index in [1.165, 1.54) is 0 Å². The molecule has 2 heteroatoms. The Morgan fingerprint density at radius 3 is 2.62 bits per heavy atom. The predicted molar refractivity (Wildman–Crippen MR) is 54.4 cm³/mol. The molecule has 0 heterocycles. The number of nitrogens with two attached hydrogens (primary N) is 1. The van der Waals surface area contributed by atoms with Gasteiger partial charge in [0.25, 0.3) is 0 Å². The molecule has 0 atom stereocenters. The summed E-state index contributed by atoms with van der Waals surface area (Å²) in [6, 6.07) is 8.18. The molecular weight excluding hydrogens is 162 g/mol. The van der Waals surface area contributed by atoms with Gasteiger partial charge in [0.2, 0.25) is 0 Å². The highest BCUT2D eigenvalue weighted by Gasteiger charge is 2.18. The number of hydrogen-bond donors (Lipinski definition) is 1. The lowest BCUT2D eigenvalue weighted by atomic mass is 9.96. The van der Waals surface area contributed by atoms with Gasteiger partial charge >= 0.3 is 0 Å². The third-order valence-electron chi connectivity index (χ3n) is 2.37. The second-order valence-electron chi connectivity index (χ2n) is 3.62. The second kappa shape index (κ2) is 3.90. The van der Waals surface area contributed by atoms with Crippen LogP contribution in [0.4, 0.5) is 0 Å². The van der Waals surface area contributed by atoms with Crippen LogP contribution in [0, 0.1) is 0 Å². The molecule has 0 aliphatic rings. The predicted octanol–water partition coefficient (Wildman–Crippen LogP) is 2.03. The van der Waals surface area contributed by atoms with Crippen molar-refractivity contribution in [3.8, 4) is 0 Å². The van der Waals surface area contributed by atoms with Crippen LogP contribution in [0.1, 0.15) is 25.0 Å². The van der Waals surface area contributed by atoms with E-state index in [0.717, 1.165) is 11.1 Å². The van der Waals surface area contributed by atoms with E-state index in [1.54, 1.807) is 7.11 Å². The Morgan fingerprint density at radius 1 is 1.38 bits per heavy atom. The van der Waals surface area contributed by atoms with Gasteiger partial charge in [-0.2, -0.15) is 0 Å². The molecule has 1 rings (SSSR count). The quantitative estimate of drug-likeness (QED) is 0.770. The van der Waals surface area contributed by atoms with Gasteiger partial charge in [-0.1, -0.05) is 24.3 Å². The molecule has 0 spiro atoms. The van der Waals surface area contributed by atoms with Gasteiger partial charge in [0.1, 0.15) is 0 Å². The molecule has 0 saturated heterocycles. The highest BCUT2D eigenvalue weighted by atomic mass is 16.5. The van der Waals surface area contributed by atoms with E-state index in [-0.39, 0.29) is 5.60 Å². The van der Waals surface area contributed by atoms with Gasteiger partial charge in [-0.3, -0.25) is 0 Å². The molecule has 0 amide bonds. The molecule has 0 radical (unpaired) electrons. The summed E-state index contributed by atoms with van der Waals surface area (Å²) >= 11 is 0. The fourth-order valence-corrected chi connectivity index (χ4v) is 1.19. The minimum absolute atomic E-state index is 0.231. The minimum Gasteiger partial charge on any atom is -0.374 e. The van der Waals surface area contributed by atoms with Crippen LogP contribution in [0.5, 0.6) is 0 Å². The zero-order chi connectivity index (χ0) is 9.90. The van der Waals surface area contributed by atoms with Gasteiger partial charge < -0.3 is 10.5 Å². The fourth-order valence-electron chi connectivity index (χ4n) is 1.19. The van der Waals surface area contributed by atoms with Crippen LogP contribution in [0.25, 0.3) is 0 Å². The molecule has 0 aromatic heterocycles. The van der Waals surface area contributed by atoms with E-state index >= 15 is 0 Å². The SMILES string of the molecule is COC(C)(C)c1cccc(CN)c1. The third kappa shape index (κ3) is 2.29. The highest BCUT2D eigenvalue weighted by Crippen LogP contribution is 2.24. The van der Waals surface area contributed by atoms with Crippen molar-refractivity contribution in [3.63, 3.8) is 0 Å². The van der Waals surface area contributed by atoms with Crippen molar-refractivity contribution >= 4 is 0 Å². The highest BCUT2D eigenvalue weighted by molar-refractivity contribution is 5.27. The molecule has 0 bridgehead atoms. The molecule has 72 valence electrons. The summed E-state index contributed by atoms with van der Waals surface area (Å²) in [5, 5.41) is 0. The molecule has 0 unspecified atom stereocenters. The molecule has 0 aliphatic carbocycles. The second-order valence-corrected chi connectivity index (χ2v) is 3.62. The number of ether oxygens (including phenoxy) is 1. The molecule has 0 saturated carbocycles. The van der Waals surface area contributed by atoms with E-state index < -0.39 is 0 Å². The molecule has 2 nitrogen and oxygen atoms in total. The van der Waals surface area contributed by atoms with Crippen molar-refractivity contribution in [2.45, 2.75) is 26.0 Å². The molecule has 0 aliphatic heterocycles. The van der Waals surface area contributed by atoms with Crippen LogP contribution in [0.15, 0.2) is 24.3 Å². The summed E-state index contributed by atoms with van der Waals surface area (Å²) < 4.78 is 5.38. The lowest BCUT2D eigenvalue weighted by Crippen LogP contribution is -2.19. The third-order valence-corrected chi connectivity index (χ3v) is 2.37. The Kier molecular flexibility index (Phi) is 3.07. The minimum atomic E-state index is -0.231. The van der Waals surface area contributed by atoms with Crippen LogP contribution < -0.4 is 5.73 Å². The number of rotatable bonds is 3. The average molecular weight is 179 g/mol. The van der Waals surface area contributed by atoms with Crippen LogP contribution in [-0.2, 0) is 16.9 Å². The van der Waals surface area contributed by atoms with E-state index in [9.17, 15) is 0 Å². The maximum absolute atomic E-state index is 5.56. The Labute approximate surface area is 79.7 Å². The standard InChI is InChI=1S/C11H17NO/c1-11(2,13-3)10-6-4-5-9(7-10)8-12/h4-7H,8,12H2,1-3H3. The summed E-state index contributed by atoms with van der Waals surface area (Å²) in [5.41, 5.74) is 7.64. The van der Waals surface area contributed by atoms with Crippen LogP contribution >= 0.6 is 0 Å². The van der Waals surface area contributed by atoms with Gasteiger partial charge in [-0.05, 0) is 25.0 Å². The zero-order valence-electron chi connectivity index (χ0n) is 8.50. The summed E-state index contributed by atoms with van der Waals surface area (Å²) in [5.74, 6) is 0. The van der Waals surface area contributed by atoms with Crippen LogP contribution in [-0.4, -0.2) is 7.11 Å². The number of hydrogen-bond acceptors (Lipinski definition) is 2. The normalized spacial score (nSPS) is 11.7. The zero-order valence-corrected chi connectivity index (χ0v) is 8.50. The Morgan fingerprint density at radius 2 is 2.08 bits per heavy atom. The largest absolute Gasteiger partial charge is 0.374 e. The van der Waals surface area contributed by atoms with E-state index in [4.69, 9.17) is 10.5 Å². The van der Waals surface area contributed by atoms with Crippen LogP contribution in [0.3, 0.4) is 0 Å². The molecular formula is C11H17NO. The Bertz CT molecular complexity index is 281. The van der Waals surface area contributed by atoms with Gasteiger partial charge in [0.05, 0.1) is 5.60 Å². The Balaban J connectivity index is 3.01. The summed E-state index contributed by atoms with van der Waals surface area (Å²) in [6.45, 7) is 4.67. The average Bonchev–Trinajstić information content (AvgIpc) is 2.18. The van der Waals surface area contributed by atoms with Gasteiger partial charge in [-0.15, -0.1) is 0 Å². The summed E-state index contributed by atoms with van der Waals surface area (Å²) in [6.07, 6.45) is 0. The molecule has 1 aromatic carbocycles. The molecule has 13 heavy (non-hydrogen) atoms. The number of methoxy groups -OCH3 is 1. The fraction of sp³-hybridized carbons (Fsp3) is 0.455. The molecule has 0 fully saturated rings. The van der Waals surface area contributed by atoms with Gasteiger partial charge in [0.15, 0.2) is 0 Å². The van der Waals surface area contributed by atoms with Gasteiger partial charge in [-0.25, -0.2) is 0 Å². The van der Waals surface area contributed by atoms with E-state index in [2.05, 4.69) is 12.1 Å². The van der Waals surface area contributed by atoms with Crippen molar-refractivity contribution in [3.05, 3.63) is 35.4 Å². The first-order valence-corrected chi connectivity index (χ1v) is 4.45. The first kappa shape index (κ1) is 10.2. The lowest BCUT2D eigenvalue weighted by Gasteiger charge is -2.23. The summed E-state index contributed by atoms with van der Waals surface area (Å²) in [4.78, 5) is 0. The summed E-state index contributed by atoms with van der Waals surface area (Å²) in [7, 11) is 1.72. The van der Waals surface area contributed by atoms with Crippen LogP contribution in [0.2, 0.25) is 0 Å². The van der Waals surface area contributed by atoms with Gasteiger partial charge in [0, 0.05) is 13.7 Å². The maximum Gasteiger partial charge on any atom is 0.0871 e. The smallest absolute Gasteiger partial charge is 0.0871 e. The molecule has 1 aromatic rings. The van der Waals surface area contributed by atoms with E-state index in [1.807, 2.05) is 26.0 Å². The first-order chi connectivity index (χ1) is 6.10.